The van der Waals surface area contributed by atoms with Gasteiger partial charge in [-0.05, 0) is 24.1 Å². The van der Waals surface area contributed by atoms with Crippen molar-refractivity contribution in [3.63, 3.8) is 0 Å². The van der Waals surface area contributed by atoms with E-state index in [1.165, 1.54) is 22.4 Å². The van der Waals surface area contributed by atoms with Gasteiger partial charge >= 0.3 is 0 Å². The molecule has 0 spiro atoms. The molecule has 2 aromatic carbocycles. The van der Waals surface area contributed by atoms with Crippen molar-refractivity contribution in [3.8, 4) is 11.3 Å². The van der Waals surface area contributed by atoms with E-state index in [1.54, 1.807) is 7.05 Å². The molecule has 3 N–H and O–H groups in total. The van der Waals surface area contributed by atoms with Gasteiger partial charge in [-0.2, -0.15) is 10.1 Å². The van der Waals surface area contributed by atoms with Crippen LogP contribution in [0.1, 0.15) is 5.56 Å². The highest BCUT2D eigenvalue weighted by Crippen LogP contribution is 2.32. The molecule has 0 amide bonds. The number of benzene rings is 2. The van der Waals surface area contributed by atoms with Crippen LogP contribution in [0, 0.1) is 11.6 Å². The van der Waals surface area contributed by atoms with E-state index >= 15 is 0 Å². The van der Waals surface area contributed by atoms with Crippen molar-refractivity contribution in [1.82, 2.24) is 19.7 Å². The zero-order valence-electron chi connectivity index (χ0n) is 15.2. The first-order valence-electron chi connectivity index (χ1n) is 8.76. The molecular formula is C20H18F2N6. The highest BCUT2D eigenvalue weighted by molar-refractivity contribution is 5.98. The molecule has 28 heavy (non-hydrogen) atoms. The molecule has 0 saturated carbocycles. The third-order valence-electron chi connectivity index (χ3n) is 4.47. The maximum absolute atomic E-state index is 14.4. The maximum Gasteiger partial charge on any atom is 0.225 e. The summed E-state index contributed by atoms with van der Waals surface area (Å²) in [4.78, 5) is 8.84. The number of nitrogens with one attached hydrogen (secondary N) is 1. The fourth-order valence-electron chi connectivity index (χ4n) is 3.03. The summed E-state index contributed by atoms with van der Waals surface area (Å²) in [6, 6.07) is 13.3. The molecule has 4 aromatic rings. The van der Waals surface area contributed by atoms with Gasteiger partial charge in [-0.25, -0.2) is 13.8 Å². The van der Waals surface area contributed by atoms with Gasteiger partial charge in [-0.1, -0.05) is 30.3 Å². The van der Waals surface area contributed by atoms with Crippen molar-refractivity contribution in [2.24, 2.45) is 7.05 Å². The Balaban J connectivity index is 1.72. The second-order valence-corrected chi connectivity index (χ2v) is 6.39. The van der Waals surface area contributed by atoms with Crippen molar-refractivity contribution in [3.05, 3.63) is 65.7 Å². The minimum absolute atomic E-state index is 0.139. The molecule has 0 radical (unpaired) electrons. The first-order chi connectivity index (χ1) is 13.5. The Morgan fingerprint density at radius 2 is 1.86 bits per heavy atom. The first-order valence-corrected chi connectivity index (χ1v) is 8.76. The third-order valence-corrected chi connectivity index (χ3v) is 4.47. The van der Waals surface area contributed by atoms with Crippen LogP contribution in [0.3, 0.4) is 0 Å². The lowest BCUT2D eigenvalue weighted by atomic mass is 10.1. The monoisotopic (exact) mass is 380 g/mol. The smallest absolute Gasteiger partial charge is 0.225 e. The molecule has 6 nitrogen and oxygen atoms in total. The lowest BCUT2D eigenvalue weighted by molar-refractivity contribution is 0.585. The topological polar surface area (TPSA) is 81.7 Å². The summed E-state index contributed by atoms with van der Waals surface area (Å²) in [5.74, 6) is -0.768. The highest BCUT2D eigenvalue weighted by atomic mass is 19.1. The Hall–Kier alpha value is -3.55. The van der Waals surface area contributed by atoms with Crippen molar-refractivity contribution in [2.75, 3.05) is 17.6 Å². The normalized spacial score (nSPS) is 11.1. The fourth-order valence-corrected chi connectivity index (χ4v) is 3.03. The predicted molar refractivity (Wildman–Crippen MR) is 105 cm³/mol. The van der Waals surface area contributed by atoms with Crippen LogP contribution in [0.4, 0.5) is 20.5 Å². The SMILES string of the molecule is Cn1nc2nc(NCCc3ccccc3)nc(-c3ccc(F)cc3F)c2c1N. The molecule has 4 rings (SSSR count). The summed E-state index contributed by atoms with van der Waals surface area (Å²) in [6.45, 7) is 0.586. The van der Waals surface area contributed by atoms with Gasteiger partial charge in [0.1, 0.15) is 17.5 Å². The predicted octanol–water partition coefficient (Wildman–Crippen LogP) is 3.55. The van der Waals surface area contributed by atoms with E-state index in [0.29, 0.717) is 29.3 Å². The standard InChI is InChI=1S/C20H18F2N6/c1-28-18(23)16-17(14-8-7-13(21)11-15(14)22)25-20(26-19(16)27-28)24-10-9-12-5-3-2-4-6-12/h2-8,11H,9-10,23H2,1H3,(H,24,26,27). The Morgan fingerprint density at radius 3 is 2.61 bits per heavy atom. The molecule has 2 heterocycles. The van der Waals surface area contributed by atoms with Crippen LogP contribution < -0.4 is 11.1 Å². The summed E-state index contributed by atoms with van der Waals surface area (Å²) in [7, 11) is 1.67. The number of halogens is 2. The van der Waals surface area contributed by atoms with Crippen LogP contribution >= 0.6 is 0 Å². The van der Waals surface area contributed by atoms with Gasteiger partial charge < -0.3 is 11.1 Å². The number of fused-ring (bicyclic) bond motifs is 1. The van der Waals surface area contributed by atoms with Gasteiger partial charge in [0.2, 0.25) is 5.95 Å². The summed E-state index contributed by atoms with van der Waals surface area (Å²) in [6.07, 6.45) is 0.771. The molecule has 0 aliphatic heterocycles. The van der Waals surface area contributed by atoms with Crippen LogP contribution in [-0.2, 0) is 13.5 Å². The van der Waals surface area contributed by atoms with E-state index < -0.39 is 11.6 Å². The van der Waals surface area contributed by atoms with E-state index in [0.717, 1.165) is 12.5 Å². The van der Waals surface area contributed by atoms with E-state index in [1.807, 2.05) is 30.3 Å². The Bertz CT molecular complexity index is 1140. The highest BCUT2D eigenvalue weighted by Gasteiger charge is 2.19. The van der Waals surface area contributed by atoms with Crippen molar-refractivity contribution >= 4 is 22.8 Å². The molecule has 0 bridgehead atoms. The number of nitrogen functional groups attached to an aromatic ring is 1. The van der Waals surface area contributed by atoms with Crippen molar-refractivity contribution in [2.45, 2.75) is 6.42 Å². The van der Waals surface area contributed by atoms with Crippen molar-refractivity contribution in [1.29, 1.82) is 0 Å². The van der Waals surface area contributed by atoms with Gasteiger partial charge in [-0.3, -0.25) is 4.68 Å². The van der Waals surface area contributed by atoms with E-state index in [2.05, 4.69) is 20.4 Å². The van der Waals surface area contributed by atoms with Crippen LogP contribution in [0.5, 0.6) is 0 Å². The fraction of sp³-hybridized carbons (Fsp3) is 0.150. The molecule has 0 aliphatic carbocycles. The molecule has 0 unspecified atom stereocenters. The van der Waals surface area contributed by atoms with E-state index in [-0.39, 0.29) is 11.3 Å². The van der Waals surface area contributed by atoms with Gasteiger partial charge in [-0.15, -0.1) is 0 Å². The molecule has 8 heteroatoms. The van der Waals surface area contributed by atoms with Crippen LogP contribution in [0.15, 0.2) is 48.5 Å². The average molecular weight is 380 g/mol. The van der Waals surface area contributed by atoms with Gasteiger partial charge in [0.15, 0.2) is 5.65 Å². The average Bonchev–Trinajstić information content (AvgIpc) is 2.96. The number of aromatic nitrogens is 4. The van der Waals surface area contributed by atoms with Crippen LogP contribution in [0.2, 0.25) is 0 Å². The molecule has 2 aromatic heterocycles. The Kier molecular flexibility index (Phi) is 4.60. The summed E-state index contributed by atoms with van der Waals surface area (Å²) >= 11 is 0. The van der Waals surface area contributed by atoms with Crippen LogP contribution in [0.25, 0.3) is 22.3 Å². The Morgan fingerprint density at radius 1 is 1.07 bits per heavy atom. The molecule has 0 saturated heterocycles. The van der Waals surface area contributed by atoms with Crippen molar-refractivity contribution < 1.29 is 8.78 Å². The van der Waals surface area contributed by atoms with E-state index in [9.17, 15) is 8.78 Å². The second-order valence-electron chi connectivity index (χ2n) is 6.39. The van der Waals surface area contributed by atoms with E-state index in [4.69, 9.17) is 5.73 Å². The summed E-state index contributed by atoms with van der Waals surface area (Å²) < 4.78 is 29.2. The number of hydrogen-bond acceptors (Lipinski definition) is 5. The lowest BCUT2D eigenvalue weighted by Crippen LogP contribution is -2.09. The Labute approximate surface area is 160 Å². The molecule has 0 atom stereocenters. The number of rotatable bonds is 5. The number of aryl methyl sites for hydroxylation is 1. The largest absolute Gasteiger partial charge is 0.383 e. The number of anilines is 2. The van der Waals surface area contributed by atoms with Gasteiger partial charge in [0, 0.05) is 25.2 Å². The van der Waals surface area contributed by atoms with Gasteiger partial charge in [0.05, 0.1) is 11.1 Å². The summed E-state index contributed by atoms with van der Waals surface area (Å²) in [5.41, 5.74) is 8.01. The summed E-state index contributed by atoms with van der Waals surface area (Å²) in [5, 5.41) is 7.86. The molecule has 0 aliphatic rings. The number of nitrogens with two attached hydrogens (primary N) is 1. The molecule has 142 valence electrons. The van der Waals surface area contributed by atoms with Crippen LogP contribution in [-0.4, -0.2) is 26.3 Å². The zero-order chi connectivity index (χ0) is 19.7. The minimum Gasteiger partial charge on any atom is -0.383 e. The quantitative estimate of drug-likeness (QED) is 0.553. The minimum atomic E-state index is -0.724. The number of hydrogen-bond donors (Lipinski definition) is 2. The van der Waals surface area contributed by atoms with Gasteiger partial charge in [0.25, 0.3) is 0 Å². The lowest BCUT2D eigenvalue weighted by Gasteiger charge is -2.09. The first kappa shape index (κ1) is 17.8. The second kappa shape index (κ2) is 7.22. The molecular weight excluding hydrogens is 362 g/mol. The third kappa shape index (κ3) is 3.36. The molecule has 0 fully saturated rings. The zero-order valence-corrected chi connectivity index (χ0v) is 15.2. The number of nitrogens with zero attached hydrogens (tertiary/aromatic N) is 4. The maximum atomic E-state index is 14.4.